The van der Waals surface area contributed by atoms with Crippen LogP contribution in [0.15, 0.2) is 24.3 Å². The van der Waals surface area contributed by atoms with E-state index in [1.165, 1.54) is 0 Å². The highest BCUT2D eigenvalue weighted by Gasteiger charge is 2.20. The Morgan fingerprint density at radius 1 is 1.43 bits per heavy atom. The van der Waals surface area contributed by atoms with Crippen LogP contribution >= 0.6 is 0 Å². The molecule has 0 spiro atoms. The van der Waals surface area contributed by atoms with Crippen LogP contribution in [0, 0.1) is 17.8 Å². The van der Waals surface area contributed by atoms with Gasteiger partial charge in [-0.1, -0.05) is 24.8 Å². The number of hydrogen-bond acceptors (Lipinski definition) is 2. The van der Waals surface area contributed by atoms with Gasteiger partial charge in [0.05, 0.1) is 6.61 Å². The van der Waals surface area contributed by atoms with Crippen LogP contribution in [0.25, 0.3) is 0 Å². The van der Waals surface area contributed by atoms with Crippen molar-refractivity contribution in [1.82, 2.24) is 4.90 Å². The molecule has 0 atom stereocenters. The summed E-state index contributed by atoms with van der Waals surface area (Å²) in [5.74, 6) is 6.55. The largest absolute Gasteiger partial charge is 0.395 e. The molecule has 0 unspecified atom stereocenters. The van der Waals surface area contributed by atoms with Gasteiger partial charge in [-0.3, -0.25) is 0 Å². The molecule has 0 aromatic heterocycles. The summed E-state index contributed by atoms with van der Waals surface area (Å²) in [6, 6.07) is 7.44. The first-order chi connectivity index (χ1) is 10.2. The van der Waals surface area contributed by atoms with Gasteiger partial charge in [0.1, 0.15) is 0 Å². The van der Waals surface area contributed by atoms with Crippen LogP contribution in [-0.4, -0.2) is 35.7 Å². The molecule has 0 saturated carbocycles. The topological polar surface area (TPSA) is 52.6 Å². The van der Waals surface area contributed by atoms with Crippen molar-refractivity contribution in [3.8, 4) is 11.8 Å². The number of urea groups is 1. The third kappa shape index (κ3) is 4.80. The minimum Gasteiger partial charge on any atom is -0.395 e. The van der Waals surface area contributed by atoms with E-state index in [0.29, 0.717) is 12.3 Å². The first kappa shape index (κ1) is 15.4. The summed E-state index contributed by atoms with van der Waals surface area (Å²) in [4.78, 5) is 14.1. The summed E-state index contributed by atoms with van der Waals surface area (Å²) in [6.07, 6.45) is 2.60. The third-order valence-electron chi connectivity index (χ3n) is 3.65. The second kappa shape index (κ2) is 7.70. The summed E-state index contributed by atoms with van der Waals surface area (Å²) in [6.45, 7) is 3.94. The molecule has 4 nitrogen and oxygen atoms in total. The minimum atomic E-state index is -0.0395. The summed E-state index contributed by atoms with van der Waals surface area (Å²) >= 11 is 0. The van der Waals surface area contributed by atoms with Crippen molar-refractivity contribution in [2.45, 2.75) is 26.2 Å². The average molecular weight is 286 g/mol. The Morgan fingerprint density at radius 3 is 2.90 bits per heavy atom. The van der Waals surface area contributed by atoms with Crippen molar-refractivity contribution < 1.29 is 9.90 Å². The fourth-order valence-corrected chi connectivity index (χ4v) is 2.31. The van der Waals surface area contributed by atoms with Gasteiger partial charge >= 0.3 is 6.03 Å². The van der Waals surface area contributed by atoms with Crippen molar-refractivity contribution in [3.05, 3.63) is 29.8 Å². The van der Waals surface area contributed by atoms with Gasteiger partial charge in [-0.15, -0.1) is 0 Å². The van der Waals surface area contributed by atoms with E-state index in [4.69, 9.17) is 5.11 Å². The van der Waals surface area contributed by atoms with E-state index in [-0.39, 0.29) is 12.6 Å². The third-order valence-corrected chi connectivity index (χ3v) is 3.65. The molecule has 1 saturated heterocycles. The maximum atomic E-state index is 12.2. The van der Waals surface area contributed by atoms with E-state index in [9.17, 15) is 4.79 Å². The van der Waals surface area contributed by atoms with Crippen molar-refractivity contribution in [2.75, 3.05) is 25.0 Å². The molecule has 1 fully saturated rings. The zero-order valence-electron chi connectivity index (χ0n) is 12.4. The summed E-state index contributed by atoms with van der Waals surface area (Å²) in [5.41, 5.74) is 1.60. The van der Waals surface area contributed by atoms with Crippen LogP contribution in [0.3, 0.4) is 0 Å². The monoisotopic (exact) mass is 286 g/mol. The van der Waals surface area contributed by atoms with E-state index in [1.807, 2.05) is 29.2 Å². The van der Waals surface area contributed by atoms with Gasteiger partial charge in [0.2, 0.25) is 0 Å². The predicted molar refractivity (Wildman–Crippen MR) is 84.0 cm³/mol. The number of benzene rings is 1. The lowest BCUT2D eigenvalue weighted by atomic mass is 10.00. The lowest BCUT2D eigenvalue weighted by molar-refractivity contribution is 0.186. The highest BCUT2D eigenvalue weighted by atomic mass is 16.2. The molecular formula is C17H22N2O2. The number of piperidine rings is 1. The van der Waals surface area contributed by atoms with Crippen LogP contribution in [0.5, 0.6) is 0 Å². The standard InChI is InChI=1S/C17H22N2O2/c1-14-8-10-19(11-9-14)17(21)18-16-7-4-6-15(13-16)5-2-3-12-20/h4,6-7,13-14,20H,3,8-12H2,1H3,(H,18,21). The summed E-state index contributed by atoms with van der Waals surface area (Å²) < 4.78 is 0. The fourth-order valence-electron chi connectivity index (χ4n) is 2.31. The van der Waals surface area contributed by atoms with Gasteiger partial charge in [-0.25, -0.2) is 4.79 Å². The normalized spacial score (nSPS) is 15.2. The van der Waals surface area contributed by atoms with Gasteiger partial charge in [-0.05, 0) is 37.0 Å². The highest BCUT2D eigenvalue weighted by molar-refractivity contribution is 5.89. The number of hydrogen-bond donors (Lipinski definition) is 2. The van der Waals surface area contributed by atoms with E-state index < -0.39 is 0 Å². The first-order valence-corrected chi connectivity index (χ1v) is 7.45. The number of carbonyl (C=O) groups excluding carboxylic acids is 1. The van der Waals surface area contributed by atoms with E-state index in [0.717, 1.165) is 37.2 Å². The van der Waals surface area contributed by atoms with Crippen molar-refractivity contribution >= 4 is 11.7 Å². The molecule has 21 heavy (non-hydrogen) atoms. The van der Waals surface area contributed by atoms with Crippen LogP contribution in [0.2, 0.25) is 0 Å². The number of carbonyl (C=O) groups is 1. The van der Waals surface area contributed by atoms with E-state index in [2.05, 4.69) is 24.1 Å². The molecule has 1 heterocycles. The van der Waals surface area contributed by atoms with Gasteiger partial charge in [0.25, 0.3) is 0 Å². The Bertz CT molecular complexity index is 537. The SMILES string of the molecule is CC1CCN(C(=O)Nc2cccc(C#CCCO)c2)CC1. The Labute approximate surface area is 126 Å². The first-order valence-electron chi connectivity index (χ1n) is 7.45. The Kier molecular flexibility index (Phi) is 5.65. The molecule has 4 heteroatoms. The highest BCUT2D eigenvalue weighted by Crippen LogP contribution is 2.17. The minimum absolute atomic E-state index is 0.0395. The fraction of sp³-hybridized carbons (Fsp3) is 0.471. The number of anilines is 1. The van der Waals surface area contributed by atoms with Crippen molar-refractivity contribution in [2.24, 2.45) is 5.92 Å². The summed E-state index contributed by atoms with van der Waals surface area (Å²) in [7, 11) is 0. The van der Waals surface area contributed by atoms with Gasteiger partial charge in [-0.2, -0.15) is 0 Å². The molecular weight excluding hydrogens is 264 g/mol. The second-order valence-corrected chi connectivity index (χ2v) is 5.46. The molecule has 1 aliphatic heterocycles. The van der Waals surface area contributed by atoms with E-state index in [1.54, 1.807) is 0 Å². The number of aliphatic hydroxyl groups excluding tert-OH is 1. The van der Waals surface area contributed by atoms with Crippen LogP contribution in [0.4, 0.5) is 10.5 Å². The lowest BCUT2D eigenvalue weighted by Crippen LogP contribution is -2.40. The number of amides is 2. The molecule has 1 aromatic carbocycles. The molecule has 0 radical (unpaired) electrons. The maximum absolute atomic E-state index is 12.2. The molecule has 1 aliphatic rings. The molecule has 1 aromatic rings. The Hall–Kier alpha value is -1.99. The van der Waals surface area contributed by atoms with Crippen molar-refractivity contribution in [1.29, 1.82) is 0 Å². The zero-order valence-corrected chi connectivity index (χ0v) is 12.4. The molecule has 2 amide bonds. The molecule has 0 bridgehead atoms. The lowest BCUT2D eigenvalue weighted by Gasteiger charge is -2.30. The molecule has 112 valence electrons. The van der Waals surface area contributed by atoms with Gasteiger partial charge in [0, 0.05) is 30.8 Å². The number of rotatable bonds is 2. The Morgan fingerprint density at radius 2 is 2.19 bits per heavy atom. The average Bonchev–Trinajstić information content (AvgIpc) is 2.48. The second-order valence-electron chi connectivity index (χ2n) is 5.46. The predicted octanol–water partition coefficient (Wildman–Crippen LogP) is 2.68. The molecule has 0 aliphatic carbocycles. The smallest absolute Gasteiger partial charge is 0.321 e. The van der Waals surface area contributed by atoms with E-state index >= 15 is 0 Å². The molecule has 2 rings (SSSR count). The number of likely N-dealkylation sites (tertiary alicyclic amines) is 1. The zero-order chi connectivity index (χ0) is 15.1. The van der Waals surface area contributed by atoms with Gasteiger partial charge in [0.15, 0.2) is 0 Å². The Balaban J connectivity index is 1.95. The van der Waals surface area contributed by atoms with Gasteiger partial charge < -0.3 is 15.3 Å². The summed E-state index contributed by atoms with van der Waals surface area (Å²) in [5, 5.41) is 11.6. The number of nitrogens with zero attached hydrogens (tertiary/aromatic N) is 1. The van der Waals surface area contributed by atoms with Crippen molar-refractivity contribution in [3.63, 3.8) is 0 Å². The quantitative estimate of drug-likeness (QED) is 0.821. The van der Waals surface area contributed by atoms with Crippen LogP contribution in [0.1, 0.15) is 31.7 Å². The van der Waals surface area contributed by atoms with Crippen LogP contribution in [-0.2, 0) is 0 Å². The maximum Gasteiger partial charge on any atom is 0.321 e. The molecule has 2 N–H and O–H groups in total. The number of aliphatic hydroxyl groups is 1. The van der Waals surface area contributed by atoms with Crippen LogP contribution < -0.4 is 5.32 Å². The number of nitrogens with one attached hydrogen (secondary N) is 1.